The van der Waals surface area contributed by atoms with E-state index in [1.54, 1.807) is 11.3 Å². The average molecular weight is 286 g/mol. The molecule has 2 rings (SSSR count). The van der Waals surface area contributed by atoms with E-state index in [4.69, 9.17) is 9.84 Å². The van der Waals surface area contributed by atoms with Crippen molar-refractivity contribution in [2.45, 2.75) is 26.4 Å². The molecule has 3 heteroatoms. The third-order valence-corrected chi connectivity index (χ3v) is 3.77. The van der Waals surface area contributed by atoms with E-state index in [0.29, 0.717) is 6.61 Å². The summed E-state index contributed by atoms with van der Waals surface area (Å²) in [5.41, 5.74) is 1.34. The van der Waals surface area contributed by atoms with Crippen LogP contribution in [-0.2, 0) is 13.0 Å². The van der Waals surface area contributed by atoms with Crippen LogP contribution < -0.4 is 4.74 Å². The van der Waals surface area contributed by atoms with Crippen molar-refractivity contribution in [3.05, 3.63) is 51.7 Å². The van der Waals surface area contributed by atoms with Gasteiger partial charge in [-0.2, -0.15) is 0 Å². The molecule has 2 aromatic rings. The fourth-order valence-corrected chi connectivity index (χ4v) is 2.64. The van der Waals surface area contributed by atoms with Crippen LogP contribution in [0.4, 0.5) is 0 Å². The first-order chi connectivity index (χ1) is 9.81. The largest absolute Gasteiger partial charge is 0.488 e. The van der Waals surface area contributed by atoms with Gasteiger partial charge in [0.2, 0.25) is 0 Å². The number of aliphatic hydroxyl groups excluding tert-OH is 1. The summed E-state index contributed by atoms with van der Waals surface area (Å²) in [4.78, 5) is 2.08. The number of hydrogen-bond acceptors (Lipinski definition) is 3. The summed E-state index contributed by atoms with van der Waals surface area (Å²) in [6.45, 7) is 2.63. The number of thiophene rings is 1. The van der Waals surface area contributed by atoms with Crippen LogP contribution in [0.1, 0.15) is 28.7 Å². The Morgan fingerprint density at radius 3 is 2.65 bits per heavy atom. The molecule has 1 N–H and O–H groups in total. The fourth-order valence-electron chi connectivity index (χ4n) is 1.84. The molecule has 1 heterocycles. The summed E-state index contributed by atoms with van der Waals surface area (Å²) >= 11 is 1.59. The van der Waals surface area contributed by atoms with Gasteiger partial charge in [-0.3, -0.25) is 0 Å². The highest BCUT2D eigenvalue weighted by atomic mass is 32.1. The van der Waals surface area contributed by atoms with Crippen LogP contribution in [0.25, 0.3) is 0 Å². The van der Waals surface area contributed by atoms with Gasteiger partial charge in [0.1, 0.15) is 19.0 Å². The average Bonchev–Trinajstić information content (AvgIpc) is 2.93. The van der Waals surface area contributed by atoms with Crippen molar-refractivity contribution < 1.29 is 9.84 Å². The van der Waals surface area contributed by atoms with Crippen LogP contribution in [0.15, 0.2) is 36.4 Å². The first-order valence-electron chi connectivity index (χ1n) is 6.72. The molecule has 0 aliphatic carbocycles. The van der Waals surface area contributed by atoms with Gasteiger partial charge in [-0.1, -0.05) is 37.3 Å². The molecular weight excluding hydrogens is 268 g/mol. The number of hydrogen-bond donors (Lipinski definition) is 1. The van der Waals surface area contributed by atoms with E-state index >= 15 is 0 Å². The van der Waals surface area contributed by atoms with E-state index in [1.807, 2.05) is 24.3 Å². The third-order valence-electron chi connectivity index (χ3n) is 2.80. The van der Waals surface area contributed by atoms with Gasteiger partial charge in [0.05, 0.1) is 4.88 Å². The predicted molar refractivity (Wildman–Crippen MR) is 83.1 cm³/mol. The van der Waals surface area contributed by atoms with Crippen LogP contribution in [-0.4, -0.2) is 11.7 Å². The highest BCUT2D eigenvalue weighted by molar-refractivity contribution is 7.12. The molecule has 0 bridgehead atoms. The zero-order valence-corrected chi connectivity index (χ0v) is 12.4. The summed E-state index contributed by atoms with van der Waals surface area (Å²) in [6.07, 6.45) is 2.27. The summed E-state index contributed by atoms with van der Waals surface area (Å²) in [6, 6.07) is 12.2. The highest BCUT2D eigenvalue weighted by Crippen LogP contribution is 2.19. The third kappa shape index (κ3) is 4.41. The van der Waals surface area contributed by atoms with Gasteiger partial charge >= 0.3 is 0 Å². The number of aryl methyl sites for hydroxylation is 1. The fraction of sp³-hybridized carbons (Fsp3) is 0.294. The van der Waals surface area contributed by atoms with Crippen molar-refractivity contribution in [3.8, 4) is 17.6 Å². The molecule has 0 spiro atoms. The van der Waals surface area contributed by atoms with Gasteiger partial charge in [-0.25, -0.2) is 0 Å². The monoisotopic (exact) mass is 286 g/mol. The van der Waals surface area contributed by atoms with E-state index in [9.17, 15) is 0 Å². The molecule has 1 aromatic carbocycles. The topological polar surface area (TPSA) is 29.5 Å². The zero-order valence-electron chi connectivity index (χ0n) is 11.6. The Morgan fingerprint density at radius 2 is 1.95 bits per heavy atom. The zero-order chi connectivity index (χ0) is 14.2. The molecule has 1 aromatic heterocycles. The maximum atomic E-state index is 8.65. The lowest BCUT2D eigenvalue weighted by molar-refractivity contribution is 0.310. The van der Waals surface area contributed by atoms with Crippen molar-refractivity contribution in [2.24, 2.45) is 0 Å². The number of aliphatic hydroxyl groups is 1. The summed E-state index contributed by atoms with van der Waals surface area (Å²) < 4.78 is 5.76. The van der Waals surface area contributed by atoms with Crippen LogP contribution >= 0.6 is 11.3 Å². The van der Waals surface area contributed by atoms with Crippen molar-refractivity contribution in [1.29, 1.82) is 0 Å². The highest BCUT2D eigenvalue weighted by Gasteiger charge is 2.00. The smallest absolute Gasteiger partial charge is 0.122 e. The Hall–Kier alpha value is -1.76. The summed E-state index contributed by atoms with van der Waals surface area (Å²) in [5, 5.41) is 8.65. The first-order valence-corrected chi connectivity index (χ1v) is 7.53. The maximum absolute atomic E-state index is 8.65. The quantitative estimate of drug-likeness (QED) is 0.851. The van der Waals surface area contributed by atoms with Crippen molar-refractivity contribution in [1.82, 2.24) is 0 Å². The molecule has 104 valence electrons. The molecule has 0 unspecified atom stereocenters. The molecule has 0 fully saturated rings. The molecule has 0 amide bonds. The van der Waals surface area contributed by atoms with Gasteiger partial charge in [0, 0.05) is 4.88 Å². The predicted octanol–water partition coefficient (Wildman–Crippen LogP) is 3.62. The molecule has 20 heavy (non-hydrogen) atoms. The lowest BCUT2D eigenvalue weighted by atomic mass is 10.1. The van der Waals surface area contributed by atoms with E-state index in [0.717, 1.165) is 28.3 Å². The Balaban J connectivity index is 1.89. The van der Waals surface area contributed by atoms with Crippen LogP contribution in [0.5, 0.6) is 5.75 Å². The molecular formula is C17H18O2S. The second-order valence-electron chi connectivity index (χ2n) is 4.41. The van der Waals surface area contributed by atoms with Crippen molar-refractivity contribution in [3.63, 3.8) is 0 Å². The number of benzene rings is 1. The van der Waals surface area contributed by atoms with E-state index in [1.165, 1.54) is 5.56 Å². The summed E-state index contributed by atoms with van der Waals surface area (Å²) in [7, 11) is 0. The van der Waals surface area contributed by atoms with Crippen LogP contribution in [0.3, 0.4) is 0 Å². The Bertz CT molecular complexity index is 587. The van der Waals surface area contributed by atoms with Crippen molar-refractivity contribution in [2.75, 3.05) is 6.61 Å². The SMILES string of the molecule is CCCc1ccc(OCc2ccc(C#CCO)s2)cc1. The molecule has 0 aliphatic rings. The lowest BCUT2D eigenvalue weighted by Gasteiger charge is -2.05. The van der Waals surface area contributed by atoms with Crippen LogP contribution in [0.2, 0.25) is 0 Å². The van der Waals surface area contributed by atoms with E-state index < -0.39 is 0 Å². The number of rotatable bonds is 5. The van der Waals surface area contributed by atoms with Gasteiger partial charge in [-0.05, 0) is 36.2 Å². The Labute approximate surface area is 124 Å². The molecule has 2 nitrogen and oxygen atoms in total. The Kier molecular flexibility index (Phi) is 5.67. The maximum Gasteiger partial charge on any atom is 0.122 e. The normalized spacial score (nSPS) is 9.90. The van der Waals surface area contributed by atoms with E-state index in [2.05, 4.69) is 30.9 Å². The summed E-state index contributed by atoms with van der Waals surface area (Å²) in [5.74, 6) is 6.43. The van der Waals surface area contributed by atoms with Crippen molar-refractivity contribution >= 4 is 11.3 Å². The lowest BCUT2D eigenvalue weighted by Crippen LogP contribution is -1.93. The second kappa shape index (κ2) is 7.74. The number of ether oxygens (including phenoxy) is 1. The molecule has 0 saturated carbocycles. The minimum atomic E-state index is -0.103. The molecule has 0 radical (unpaired) electrons. The molecule has 0 aliphatic heterocycles. The standard InChI is InChI=1S/C17H18O2S/c1-2-4-14-6-8-15(9-7-14)19-13-17-11-10-16(20-17)5-3-12-18/h6-11,18H,2,4,12-13H2,1H3. The molecule has 0 saturated heterocycles. The van der Waals surface area contributed by atoms with Gasteiger partial charge in [-0.15, -0.1) is 11.3 Å². The van der Waals surface area contributed by atoms with Crippen LogP contribution in [0, 0.1) is 11.8 Å². The minimum absolute atomic E-state index is 0.103. The van der Waals surface area contributed by atoms with Gasteiger partial charge in [0.15, 0.2) is 0 Å². The second-order valence-corrected chi connectivity index (χ2v) is 5.58. The Morgan fingerprint density at radius 1 is 1.15 bits per heavy atom. The van der Waals surface area contributed by atoms with E-state index in [-0.39, 0.29) is 6.61 Å². The van der Waals surface area contributed by atoms with Gasteiger partial charge < -0.3 is 9.84 Å². The first kappa shape index (κ1) is 14.6. The minimum Gasteiger partial charge on any atom is -0.488 e. The molecule has 0 atom stereocenters. The van der Waals surface area contributed by atoms with Gasteiger partial charge in [0.25, 0.3) is 0 Å².